The Morgan fingerprint density at radius 2 is 2.00 bits per heavy atom. The molecule has 8 nitrogen and oxygen atoms in total. The van der Waals surface area contributed by atoms with Crippen molar-refractivity contribution in [1.82, 2.24) is 24.4 Å². The molecule has 0 bridgehead atoms. The Kier molecular flexibility index (Phi) is 6.99. The zero-order valence-electron chi connectivity index (χ0n) is 16.2. The first-order valence-corrected chi connectivity index (χ1v) is 11.4. The maximum Gasteiger partial charge on any atom is 0.236 e. The van der Waals surface area contributed by atoms with Gasteiger partial charge in [0.25, 0.3) is 0 Å². The molecule has 3 rings (SSSR count). The van der Waals surface area contributed by atoms with Crippen LogP contribution in [0.15, 0.2) is 35.7 Å². The molecule has 0 spiro atoms. The minimum Gasteiger partial charge on any atom is -0.355 e. The first-order valence-electron chi connectivity index (χ1n) is 9.48. The number of benzene rings is 1. The van der Waals surface area contributed by atoms with Crippen LogP contribution in [0.25, 0.3) is 6.08 Å². The topological polar surface area (TPSA) is 100 Å². The number of aromatic nitrogens is 3. The fourth-order valence-electron chi connectivity index (χ4n) is 3.23. The molecule has 1 aliphatic heterocycles. The number of piperidine rings is 1. The van der Waals surface area contributed by atoms with E-state index in [1.165, 1.54) is 9.71 Å². The predicted molar refractivity (Wildman–Crippen MR) is 114 cm³/mol. The second kappa shape index (κ2) is 9.47. The number of nitrogens with zero attached hydrogens (tertiary/aromatic N) is 3. The number of hydrogen-bond donors (Lipinski definition) is 2. The summed E-state index contributed by atoms with van der Waals surface area (Å²) >= 11 is 5.07. The van der Waals surface area contributed by atoms with Gasteiger partial charge in [0.2, 0.25) is 15.9 Å². The van der Waals surface area contributed by atoms with Crippen LogP contribution in [0.3, 0.4) is 0 Å². The normalized spacial score (nSPS) is 16.3. The van der Waals surface area contributed by atoms with E-state index >= 15 is 0 Å². The molecule has 1 aromatic heterocycles. The third-order valence-corrected chi connectivity index (χ3v) is 6.97. The first-order chi connectivity index (χ1) is 13.9. The van der Waals surface area contributed by atoms with Crippen molar-refractivity contribution in [3.05, 3.63) is 51.9 Å². The summed E-state index contributed by atoms with van der Waals surface area (Å²) in [5.41, 5.74) is 0.832. The maximum atomic E-state index is 12.5. The molecule has 2 heterocycles. The van der Waals surface area contributed by atoms with E-state index in [0.29, 0.717) is 43.7 Å². The van der Waals surface area contributed by atoms with E-state index in [2.05, 4.69) is 15.5 Å². The van der Waals surface area contributed by atoms with Gasteiger partial charge in [0.1, 0.15) is 5.82 Å². The van der Waals surface area contributed by atoms with E-state index in [4.69, 9.17) is 12.2 Å². The molecule has 0 unspecified atom stereocenters. The molecule has 0 aliphatic carbocycles. The Morgan fingerprint density at radius 1 is 1.31 bits per heavy atom. The number of hydrogen-bond acceptors (Lipinski definition) is 5. The predicted octanol–water partition coefficient (Wildman–Crippen LogP) is 1.85. The largest absolute Gasteiger partial charge is 0.355 e. The standard InChI is InChI=1S/C19H25N5O3S2/c1-23-17(21-22-19(23)28)7-11-20-18(25)16-8-12-24(13-9-16)29(26,27)14-10-15-5-3-2-4-6-15/h2-6,10,14,16H,7-9,11-13H2,1H3,(H,20,25)(H,22,28)/b14-10+. The number of rotatable bonds is 7. The van der Waals surface area contributed by atoms with E-state index in [1.54, 1.807) is 10.6 Å². The van der Waals surface area contributed by atoms with Crippen LogP contribution in [-0.2, 0) is 28.3 Å². The second-order valence-electron chi connectivity index (χ2n) is 6.98. The molecule has 1 aromatic carbocycles. The first kappa shape index (κ1) is 21.4. The van der Waals surface area contributed by atoms with E-state index in [0.717, 1.165) is 11.4 Å². The van der Waals surface area contributed by atoms with Crippen molar-refractivity contribution in [2.24, 2.45) is 13.0 Å². The molecule has 1 aliphatic rings. The number of nitrogens with one attached hydrogen (secondary N) is 2. The minimum atomic E-state index is -3.49. The molecule has 0 radical (unpaired) electrons. The van der Waals surface area contributed by atoms with Crippen LogP contribution in [0.5, 0.6) is 0 Å². The Labute approximate surface area is 175 Å². The van der Waals surface area contributed by atoms with Gasteiger partial charge in [-0.1, -0.05) is 30.3 Å². The van der Waals surface area contributed by atoms with Crippen molar-refractivity contribution in [3.63, 3.8) is 0 Å². The Morgan fingerprint density at radius 3 is 2.62 bits per heavy atom. The van der Waals surface area contributed by atoms with Crippen LogP contribution >= 0.6 is 12.2 Å². The fourth-order valence-corrected chi connectivity index (χ4v) is 4.60. The monoisotopic (exact) mass is 435 g/mol. The van der Waals surface area contributed by atoms with Gasteiger partial charge in [0.05, 0.1) is 0 Å². The highest BCUT2D eigenvalue weighted by Gasteiger charge is 2.29. The summed E-state index contributed by atoms with van der Waals surface area (Å²) in [5.74, 6) is 0.557. The molecule has 1 fully saturated rings. The van der Waals surface area contributed by atoms with Gasteiger partial charge in [0.15, 0.2) is 4.77 Å². The molecular weight excluding hydrogens is 410 g/mol. The van der Waals surface area contributed by atoms with Crippen LogP contribution in [0.1, 0.15) is 24.2 Å². The zero-order valence-corrected chi connectivity index (χ0v) is 17.9. The highest BCUT2D eigenvalue weighted by Crippen LogP contribution is 2.21. The summed E-state index contributed by atoms with van der Waals surface area (Å²) in [7, 11) is -1.66. The van der Waals surface area contributed by atoms with Crippen molar-refractivity contribution in [3.8, 4) is 0 Å². The van der Waals surface area contributed by atoms with Gasteiger partial charge in [-0.3, -0.25) is 9.89 Å². The molecule has 29 heavy (non-hydrogen) atoms. The highest BCUT2D eigenvalue weighted by molar-refractivity contribution is 7.92. The number of amides is 1. The summed E-state index contributed by atoms with van der Waals surface area (Å²) in [4.78, 5) is 12.4. The lowest BCUT2D eigenvalue weighted by molar-refractivity contribution is -0.126. The molecular formula is C19H25N5O3S2. The number of H-pyrrole nitrogens is 1. The summed E-state index contributed by atoms with van der Waals surface area (Å²) < 4.78 is 28.8. The van der Waals surface area contributed by atoms with E-state index in [1.807, 2.05) is 37.4 Å². The third kappa shape index (κ3) is 5.62. The quantitative estimate of drug-likeness (QED) is 0.647. The lowest BCUT2D eigenvalue weighted by Crippen LogP contribution is -2.42. The highest BCUT2D eigenvalue weighted by atomic mass is 32.2. The lowest BCUT2D eigenvalue weighted by Gasteiger charge is -2.29. The van der Waals surface area contributed by atoms with E-state index in [9.17, 15) is 13.2 Å². The second-order valence-corrected chi connectivity index (χ2v) is 9.18. The van der Waals surface area contributed by atoms with Gasteiger partial charge in [0, 0.05) is 44.4 Å². The van der Waals surface area contributed by atoms with Crippen LogP contribution in [-0.4, -0.2) is 53.0 Å². The van der Waals surface area contributed by atoms with Crippen LogP contribution in [0, 0.1) is 10.7 Å². The lowest BCUT2D eigenvalue weighted by atomic mass is 9.97. The SMILES string of the molecule is Cn1c(CCNC(=O)C2CCN(S(=O)(=O)/C=C/c3ccccc3)CC2)n[nH]c1=S. The van der Waals surface area contributed by atoms with Gasteiger partial charge in [-0.05, 0) is 36.7 Å². The van der Waals surface area contributed by atoms with Gasteiger partial charge in [-0.2, -0.15) is 9.40 Å². The van der Waals surface area contributed by atoms with Crippen LogP contribution in [0.2, 0.25) is 0 Å². The molecule has 1 amide bonds. The zero-order chi connectivity index (χ0) is 20.9. The molecule has 1 saturated heterocycles. The fraction of sp³-hybridized carbons (Fsp3) is 0.421. The van der Waals surface area contributed by atoms with Crippen molar-refractivity contribution >= 4 is 34.2 Å². The summed E-state index contributed by atoms with van der Waals surface area (Å²) in [6.45, 7) is 1.14. The molecule has 10 heteroatoms. The van der Waals surface area contributed by atoms with E-state index < -0.39 is 10.0 Å². The minimum absolute atomic E-state index is 0.0429. The van der Waals surface area contributed by atoms with Gasteiger partial charge in [-0.25, -0.2) is 8.42 Å². The molecule has 0 saturated carbocycles. The Bertz CT molecular complexity index is 1020. The summed E-state index contributed by atoms with van der Waals surface area (Å²) in [6, 6.07) is 9.30. The van der Waals surface area contributed by atoms with Crippen molar-refractivity contribution in [2.75, 3.05) is 19.6 Å². The summed E-state index contributed by atoms with van der Waals surface area (Å²) in [5, 5.41) is 11.0. The van der Waals surface area contributed by atoms with Crippen LogP contribution < -0.4 is 5.32 Å². The molecule has 0 atom stereocenters. The third-order valence-electron chi connectivity index (χ3n) is 5.04. The molecule has 156 valence electrons. The van der Waals surface area contributed by atoms with E-state index in [-0.39, 0.29) is 11.8 Å². The van der Waals surface area contributed by atoms with Crippen molar-refractivity contribution in [2.45, 2.75) is 19.3 Å². The maximum absolute atomic E-state index is 12.5. The molecule has 2 N–H and O–H groups in total. The number of aromatic amines is 1. The van der Waals surface area contributed by atoms with Gasteiger partial charge >= 0.3 is 0 Å². The Balaban J connectivity index is 1.46. The molecule has 2 aromatic rings. The van der Waals surface area contributed by atoms with Gasteiger partial charge in [-0.15, -0.1) is 0 Å². The Hall–Kier alpha value is -2.30. The average Bonchev–Trinajstić information content (AvgIpc) is 3.05. The average molecular weight is 436 g/mol. The summed E-state index contributed by atoms with van der Waals surface area (Å²) in [6.07, 6.45) is 3.19. The number of sulfonamides is 1. The van der Waals surface area contributed by atoms with Crippen LogP contribution in [0.4, 0.5) is 0 Å². The number of carbonyl (C=O) groups is 1. The van der Waals surface area contributed by atoms with Gasteiger partial charge < -0.3 is 9.88 Å². The number of carbonyl (C=O) groups excluding carboxylic acids is 1. The van der Waals surface area contributed by atoms with Crippen molar-refractivity contribution < 1.29 is 13.2 Å². The smallest absolute Gasteiger partial charge is 0.236 e. The van der Waals surface area contributed by atoms with Crippen molar-refractivity contribution in [1.29, 1.82) is 0 Å².